The van der Waals surface area contributed by atoms with Crippen molar-refractivity contribution < 1.29 is 4.92 Å². The van der Waals surface area contributed by atoms with Gasteiger partial charge in [0.2, 0.25) is 0 Å². The van der Waals surface area contributed by atoms with E-state index < -0.39 is 0 Å². The summed E-state index contributed by atoms with van der Waals surface area (Å²) in [6.07, 6.45) is 0. The van der Waals surface area contributed by atoms with Crippen LogP contribution >= 0.6 is 0 Å². The van der Waals surface area contributed by atoms with E-state index in [-0.39, 0.29) is 25.1 Å². The summed E-state index contributed by atoms with van der Waals surface area (Å²) in [7, 11) is 0. The summed E-state index contributed by atoms with van der Waals surface area (Å²) in [6, 6.07) is 57.7. The van der Waals surface area contributed by atoms with Gasteiger partial charge in [-0.1, -0.05) is 0 Å². The molecule has 0 saturated carbocycles. The minimum absolute atomic E-state index is 0.132. The SMILES string of the molecule is O=[N+]([O-])c1c2ccccc2c(-c2ccc3c(c2)[se]c2ccc(-c4c5ccccc5c(-c5ccccc5)c5ccccc45)cc23)c2ccccc12. The Bertz CT molecular complexity index is 2900. The molecule has 0 atom stereocenters. The van der Waals surface area contributed by atoms with Crippen LogP contribution in [0.5, 0.6) is 0 Å². The van der Waals surface area contributed by atoms with Gasteiger partial charge in [-0.25, -0.2) is 0 Å². The molecule has 0 fully saturated rings. The molecule has 1 heterocycles. The van der Waals surface area contributed by atoms with Gasteiger partial charge in [0.1, 0.15) is 0 Å². The third-order valence-corrected chi connectivity index (χ3v) is 12.5. The summed E-state index contributed by atoms with van der Waals surface area (Å²) >= 11 is 0.132. The van der Waals surface area contributed by atoms with Crippen LogP contribution in [0.2, 0.25) is 0 Å². The van der Waals surface area contributed by atoms with Gasteiger partial charge in [0, 0.05) is 0 Å². The third kappa shape index (κ3) is 4.29. The Hall–Kier alpha value is -6.06. The van der Waals surface area contributed by atoms with Crippen LogP contribution in [0, 0.1) is 10.1 Å². The molecule has 0 aliphatic rings. The van der Waals surface area contributed by atoms with Crippen molar-refractivity contribution in [2.75, 3.05) is 0 Å². The van der Waals surface area contributed by atoms with Crippen molar-refractivity contribution in [2.45, 2.75) is 0 Å². The van der Waals surface area contributed by atoms with Crippen LogP contribution in [0.4, 0.5) is 5.69 Å². The third-order valence-electron chi connectivity index (χ3n) is 10.1. The fourth-order valence-electron chi connectivity index (χ4n) is 8.06. The van der Waals surface area contributed by atoms with Crippen LogP contribution in [-0.4, -0.2) is 19.4 Å². The van der Waals surface area contributed by atoms with Gasteiger partial charge in [-0.15, -0.1) is 0 Å². The summed E-state index contributed by atoms with van der Waals surface area (Å²) in [5.74, 6) is 0. The number of hydrogen-bond donors (Lipinski definition) is 0. The molecule has 0 N–H and O–H groups in total. The first-order valence-corrected chi connectivity index (χ1v) is 18.4. The Morgan fingerprint density at radius 2 is 0.780 bits per heavy atom. The number of nitro groups is 1. The monoisotopic (exact) mass is 705 g/mol. The molecule has 0 aliphatic carbocycles. The summed E-state index contributed by atoms with van der Waals surface area (Å²) in [4.78, 5) is 12.1. The normalized spacial score (nSPS) is 11.8. The van der Waals surface area contributed by atoms with Gasteiger partial charge in [0.25, 0.3) is 0 Å². The van der Waals surface area contributed by atoms with Crippen LogP contribution < -0.4 is 0 Å². The number of fused-ring (bicyclic) bond motifs is 7. The average molecular weight is 705 g/mol. The molecule has 4 heteroatoms. The van der Waals surface area contributed by atoms with E-state index in [9.17, 15) is 10.1 Å². The van der Waals surface area contributed by atoms with Gasteiger partial charge in [-0.3, -0.25) is 0 Å². The summed E-state index contributed by atoms with van der Waals surface area (Å²) in [6.45, 7) is 0. The quantitative estimate of drug-likeness (QED) is 0.0792. The maximum atomic E-state index is 12.3. The fourth-order valence-corrected chi connectivity index (χ4v) is 10.4. The second kappa shape index (κ2) is 11.2. The van der Waals surface area contributed by atoms with E-state index in [4.69, 9.17) is 0 Å². The number of non-ortho nitro benzene ring substituents is 1. The summed E-state index contributed by atoms with van der Waals surface area (Å²) < 4.78 is 2.71. The molecule has 0 radical (unpaired) electrons. The Labute approximate surface area is 293 Å². The first kappa shape index (κ1) is 28.9. The molecule has 0 bridgehead atoms. The topological polar surface area (TPSA) is 43.1 Å². The first-order chi connectivity index (χ1) is 24.7. The molecule has 0 saturated heterocycles. The zero-order chi connectivity index (χ0) is 33.3. The van der Waals surface area contributed by atoms with Crippen molar-refractivity contribution in [3.05, 3.63) is 174 Å². The standard InChI is InChI=1S/C46H27NO2Se/c48-47(49)46-38-20-10-8-18-36(38)45(37-19-9-11-21-39(37)46)30-22-24-31-40-26-29(23-25-41(40)50-42(31)27-30)44-34-16-6-4-14-32(34)43(28-12-2-1-3-13-28)33-15-5-7-17-35(33)44/h1-27H. The molecule has 0 spiro atoms. The molecule has 234 valence electrons. The molecule has 9 aromatic carbocycles. The van der Waals surface area contributed by atoms with Gasteiger partial charge in [-0.2, -0.15) is 0 Å². The molecule has 0 aliphatic heterocycles. The van der Waals surface area contributed by atoms with Gasteiger partial charge in [0.05, 0.1) is 0 Å². The van der Waals surface area contributed by atoms with Crippen molar-refractivity contribution in [3.63, 3.8) is 0 Å². The van der Waals surface area contributed by atoms with Gasteiger partial charge < -0.3 is 0 Å². The predicted octanol–water partition coefficient (Wildman–Crippen LogP) is 12.6. The van der Waals surface area contributed by atoms with Crippen LogP contribution in [0.1, 0.15) is 0 Å². The second-order valence-electron chi connectivity index (χ2n) is 12.8. The first-order valence-electron chi connectivity index (χ1n) is 16.7. The number of nitrogens with zero attached hydrogens (tertiary/aromatic N) is 1. The molecule has 10 aromatic rings. The van der Waals surface area contributed by atoms with Gasteiger partial charge in [-0.05, 0) is 0 Å². The number of benzene rings is 9. The maximum absolute atomic E-state index is 12.3. The fraction of sp³-hybridized carbons (Fsp3) is 0. The van der Waals surface area contributed by atoms with E-state index in [1.807, 2.05) is 48.5 Å². The molecular formula is C46H27NO2Se. The summed E-state index contributed by atoms with van der Waals surface area (Å²) in [5.41, 5.74) is 7.29. The van der Waals surface area contributed by atoms with Crippen molar-refractivity contribution in [3.8, 4) is 33.4 Å². The zero-order valence-corrected chi connectivity index (χ0v) is 28.5. The number of rotatable bonds is 4. The Kier molecular flexibility index (Phi) is 6.50. The van der Waals surface area contributed by atoms with E-state index in [0.717, 1.165) is 21.9 Å². The zero-order valence-electron chi connectivity index (χ0n) is 26.8. The minimum atomic E-state index is -0.240. The van der Waals surface area contributed by atoms with E-state index >= 15 is 0 Å². The molecule has 0 amide bonds. The Balaban J connectivity index is 1.20. The molecular weight excluding hydrogens is 677 g/mol. The molecule has 1 aromatic heterocycles. The second-order valence-corrected chi connectivity index (χ2v) is 15.1. The Morgan fingerprint density at radius 3 is 1.30 bits per heavy atom. The van der Waals surface area contributed by atoms with E-state index in [0.29, 0.717) is 10.8 Å². The van der Waals surface area contributed by atoms with Crippen molar-refractivity contribution >= 4 is 82.6 Å². The van der Waals surface area contributed by atoms with Crippen LogP contribution in [0.3, 0.4) is 0 Å². The molecule has 0 unspecified atom stereocenters. The van der Waals surface area contributed by atoms with E-state index in [1.165, 1.54) is 63.1 Å². The van der Waals surface area contributed by atoms with Gasteiger partial charge >= 0.3 is 295 Å². The van der Waals surface area contributed by atoms with Crippen LogP contribution in [0.15, 0.2) is 164 Å². The van der Waals surface area contributed by atoms with Crippen LogP contribution in [0.25, 0.3) is 95.8 Å². The van der Waals surface area contributed by atoms with E-state index in [2.05, 4.69) is 115 Å². The number of nitro benzene ring substituents is 1. The molecule has 10 rings (SSSR count). The van der Waals surface area contributed by atoms with Crippen LogP contribution in [-0.2, 0) is 0 Å². The van der Waals surface area contributed by atoms with Crippen molar-refractivity contribution in [2.24, 2.45) is 0 Å². The molecule has 50 heavy (non-hydrogen) atoms. The van der Waals surface area contributed by atoms with E-state index in [1.54, 1.807) is 0 Å². The number of hydrogen-bond acceptors (Lipinski definition) is 2. The van der Waals surface area contributed by atoms with Crippen molar-refractivity contribution in [1.29, 1.82) is 0 Å². The van der Waals surface area contributed by atoms with Gasteiger partial charge in [0.15, 0.2) is 0 Å². The Morgan fingerprint density at radius 1 is 0.360 bits per heavy atom. The average Bonchev–Trinajstić information content (AvgIpc) is 3.53. The van der Waals surface area contributed by atoms with Crippen molar-refractivity contribution in [1.82, 2.24) is 0 Å². The summed E-state index contributed by atoms with van der Waals surface area (Å²) in [5, 5.41) is 23.0. The molecule has 3 nitrogen and oxygen atoms in total. The predicted molar refractivity (Wildman–Crippen MR) is 211 cm³/mol.